The molecule has 0 radical (unpaired) electrons. The number of aromatic amines is 1. The molecule has 0 spiro atoms. The lowest BCUT2D eigenvalue weighted by atomic mass is 9.70. The molecule has 0 fully saturated rings. The molecule has 28 heavy (non-hydrogen) atoms. The maximum atomic E-state index is 9.72. The number of fused-ring (bicyclic) bond motifs is 1. The van der Waals surface area contributed by atoms with E-state index in [0.717, 1.165) is 18.4 Å². The van der Waals surface area contributed by atoms with Crippen LogP contribution >= 0.6 is 0 Å². The first kappa shape index (κ1) is 18.9. The van der Waals surface area contributed by atoms with Crippen molar-refractivity contribution in [3.63, 3.8) is 0 Å². The Labute approximate surface area is 165 Å². The quantitative estimate of drug-likeness (QED) is 0.617. The number of benzene rings is 1. The monoisotopic (exact) mass is 379 g/mol. The minimum atomic E-state index is 0.224. The molecule has 0 saturated carbocycles. The van der Waals surface area contributed by atoms with Crippen LogP contribution in [-0.2, 0) is 12.8 Å². The molecule has 1 aromatic carbocycles. The summed E-state index contributed by atoms with van der Waals surface area (Å²) < 4.78 is 5.99. The molecule has 2 aromatic heterocycles. The lowest BCUT2D eigenvalue weighted by Gasteiger charge is -2.36. The van der Waals surface area contributed by atoms with E-state index in [-0.39, 0.29) is 12.5 Å². The summed E-state index contributed by atoms with van der Waals surface area (Å²) in [4.78, 5) is 3.29. The second-order valence-electron chi connectivity index (χ2n) is 8.43. The molecule has 3 aromatic rings. The van der Waals surface area contributed by atoms with E-state index in [9.17, 15) is 5.11 Å². The van der Waals surface area contributed by atoms with Gasteiger partial charge in [-0.05, 0) is 42.7 Å². The number of aromatic nitrogens is 3. The maximum Gasteiger partial charge on any atom is 0.221 e. The van der Waals surface area contributed by atoms with Crippen molar-refractivity contribution in [3.8, 4) is 0 Å². The van der Waals surface area contributed by atoms with E-state index >= 15 is 0 Å². The number of H-pyrrole nitrogens is 1. The summed E-state index contributed by atoms with van der Waals surface area (Å²) in [5.74, 6) is 3.06. The van der Waals surface area contributed by atoms with E-state index in [1.807, 2.05) is 18.3 Å². The zero-order chi connectivity index (χ0) is 19.7. The summed E-state index contributed by atoms with van der Waals surface area (Å²) in [5, 5.41) is 19.5. The van der Waals surface area contributed by atoms with Gasteiger partial charge in [-0.2, -0.15) is 0 Å². The van der Waals surface area contributed by atoms with Crippen molar-refractivity contribution in [2.24, 2.45) is 23.7 Å². The second-order valence-corrected chi connectivity index (χ2v) is 8.43. The van der Waals surface area contributed by atoms with Gasteiger partial charge in [-0.1, -0.05) is 43.7 Å². The Kier molecular flexibility index (Phi) is 5.36. The van der Waals surface area contributed by atoms with Crippen LogP contribution in [0.25, 0.3) is 10.9 Å². The minimum Gasteiger partial charge on any atom is -0.425 e. The van der Waals surface area contributed by atoms with Crippen molar-refractivity contribution in [3.05, 3.63) is 59.5 Å². The number of aliphatic hydroxyl groups is 1. The van der Waals surface area contributed by atoms with Crippen molar-refractivity contribution < 1.29 is 9.52 Å². The van der Waals surface area contributed by atoms with Gasteiger partial charge in [-0.25, -0.2) is 0 Å². The third kappa shape index (κ3) is 3.76. The average molecular weight is 380 g/mol. The molecule has 0 unspecified atom stereocenters. The highest BCUT2D eigenvalue weighted by Crippen LogP contribution is 2.38. The van der Waals surface area contributed by atoms with Crippen LogP contribution in [0.5, 0.6) is 0 Å². The van der Waals surface area contributed by atoms with E-state index in [4.69, 9.17) is 4.42 Å². The molecular formula is C23H29N3O2. The molecule has 0 bridgehead atoms. The smallest absolute Gasteiger partial charge is 0.221 e. The molecule has 0 amide bonds. The summed E-state index contributed by atoms with van der Waals surface area (Å²) in [7, 11) is 0. The van der Waals surface area contributed by atoms with E-state index in [0.29, 0.717) is 36.0 Å². The van der Waals surface area contributed by atoms with Gasteiger partial charge in [0.15, 0.2) is 0 Å². The minimum absolute atomic E-state index is 0.224. The van der Waals surface area contributed by atoms with Gasteiger partial charge in [0.05, 0.1) is 6.42 Å². The Balaban J connectivity index is 1.47. The largest absolute Gasteiger partial charge is 0.425 e. The Hall–Kier alpha value is -2.40. The molecule has 1 aliphatic rings. The summed E-state index contributed by atoms with van der Waals surface area (Å²) in [6.45, 7) is 6.87. The molecule has 148 valence electrons. The van der Waals surface area contributed by atoms with E-state index < -0.39 is 0 Å². The molecule has 2 N–H and O–H groups in total. The van der Waals surface area contributed by atoms with Crippen LogP contribution in [0.15, 0.2) is 46.5 Å². The first-order valence-corrected chi connectivity index (χ1v) is 10.2. The first-order chi connectivity index (χ1) is 13.5. The molecular weight excluding hydrogens is 350 g/mol. The van der Waals surface area contributed by atoms with Crippen LogP contribution in [0.2, 0.25) is 0 Å². The van der Waals surface area contributed by atoms with Crippen LogP contribution < -0.4 is 0 Å². The number of allylic oxidation sites excluding steroid dienone is 1. The third-order valence-electron chi connectivity index (χ3n) is 6.24. The molecule has 5 heteroatoms. The summed E-state index contributed by atoms with van der Waals surface area (Å²) >= 11 is 0. The van der Waals surface area contributed by atoms with Crippen LogP contribution in [0, 0.1) is 23.7 Å². The van der Waals surface area contributed by atoms with Gasteiger partial charge in [0.1, 0.15) is 0 Å². The van der Waals surface area contributed by atoms with Gasteiger partial charge >= 0.3 is 0 Å². The fourth-order valence-electron chi connectivity index (χ4n) is 4.58. The number of hydrogen-bond donors (Lipinski definition) is 2. The number of nitrogens with zero attached hydrogens (tertiary/aromatic N) is 2. The number of aliphatic hydroxyl groups excluding tert-OH is 1. The normalized spacial score (nSPS) is 22.8. The van der Waals surface area contributed by atoms with Gasteiger partial charge in [-0.3, -0.25) is 0 Å². The Morgan fingerprint density at radius 1 is 1.21 bits per heavy atom. The van der Waals surface area contributed by atoms with Crippen molar-refractivity contribution in [1.29, 1.82) is 0 Å². The highest BCUT2D eigenvalue weighted by Gasteiger charge is 2.32. The standard InChI is InChI=1S/C23H29N3O2/c1-14(2)20-9-16(15(3)8-18(20)13-27)10-22-25-26-23(28-22)11-17-12-24-21-7-5-4-6-19(17)21/h4-8,12,14,16,18,20,24,27H,9-11,13H2,1-3H3/t16-,18-,20-/m0/s1. The van der Waals surface area contributed by atoms with E-state index in [2.05, 4.69) is 54.2 Å². The van der Waals surface area contributed by atoms with Gasteiger partial charge in [0.25, 0.3) is 0 Å². The lowest BCUT2D eigenvalue weighted by Crippen LogP contribution is -2.30. The Morgan fingerprint density at radius 2 is 2.00 bits per heavy atom. The SMILES string of the molecule is CC1=C[C@@H](CO)[C@H](C(C)C)C[C@H]1Cc1nnc(Cc2c[nH]c3ccccc23)o1. The molecule has 5 nitrogen and oxygen atoms in total. The van der Waals surface area contributed by atoms with Gasteiger partial charge in [0.2, 0.25) is 11.8 Å². The van der Waals surface area contributed by atoms with E-state index in [1.165, 1.54) is 16.5 Å². The number of rotatable bonds is 6. The van der Waals surface area contributed by atoms with Crippen molar-refractivity contribution in [1.82, 2.24) is 15.2 Å². The maximum absolute atomic E-state index is 9.72. The van der Waals surface area contributed by atoms with Crippen LogP contribution in [0.4, 0.5) is 0 Å². The summed E-state index contributed by atoms with van der Waals surface area (Å²) in [6.07, 6.45) is 6.74. The molecule has 1 aliphatic carbocycles. The molecule has 0 saturated heterocycles. The van der Waals surface area contributed by atoms with Crippen LogP contribution in [-0.4, -0.2) is 26.9 Å². The molecule has 3 atom stereocenters. The first-order valence-electron chi connectivity index (χ1n) is 10.2. The third-order valence-corrected chi connectivity index (χ3v) is 6.24. The van der Waals surface area contributed by atoms with Crippen LogP contribution in [0.3, 0.4) is 0 Å². The predicted octanol–water partition coefficient (Wildman–Crippen LogP) is 4.53. The number of nitrogens with one attached hydrogen (secondary N) is 1. The number of hydrogen-bond acceptors (Lipinski definition) is 4. The molecule has 4 rings (SSSR count). The zero-order valence-electron chi connectivity index (χ0n) is 16.9. The fourth-order valence-corrected chi connectivity index (χ4v) is 4.58. The van der Waals surface area contributed by atoms with Crippen molar-refractivity contribution in [2.75, 3.05) is 6.61 Å². The van der Waals surface area contributed by atoms with Gasteiger partial charge in [0, 0.05) is 36.0 Å². The molecule has 2 heterocycles. The van der Waals surface area contributed by atoms with Crippen molar-refractivity contribution in [2.45, 2.75) is 40.0 Å². The zero-order valence-corrected chi connectivity index (χ0v) is 16.9. The lowest BCUT2D eigenvalue weighted by molar-refractivity contribution is 0.147. The van der Waals surface area contributed by atoms with Crippen LogP contribution in [0.1, 0.15) is 44.5 Å². The number of para-hydroxylation sites is 1. The highest BCUT2D eigenvalue weighted by atomic mass is 16.4. The fraction of sp³-hybridized carbons (Fsp3) is 0.478. The second kappa shape index (κ2) is 7.92. The summed E-state index contributed by atoms with van der Waals surface area (Å²) in [5.41, 5.74) is 3.62. The van der Waals surface area contributed by atoms with E-state index in [1.54, 1.807) is 0 Å². The topological polar surface area (TPSA) is 74.9 Å². The Bertz CT molecular complexity index is 969. The Morgan fingerprint density at radius 3 is 2.79 bits per heavy atom. The predicted molar refractivity (Wildman–Crippen MR) is 110 cm³/mol. The summed E-state index contributed by atoms with van der Waals surface area (Å²) in [6, 6.07) is 8.25. The van der Waals surface area contributed by atoms with Crippen molar-refractivity contribution >= 4 is 10.9 Å². The van der Waals surface area contributed by atoms with Gasteiger partial charge in [-0.15, -0.1) is 10.2 Å². The average Bonchev–Trinajstić information content (AvgIpc) is 3.30. The highest BCUT2D eigenvalue weighted by molar-refractivity contribution is 5.83. The van der Waals surface area contributed by atoms with Gasteiger partial charge < -0.3 is 14.5 Å². The molecule has 0 aliphatic heterocycles.